The molecule has 0 aliphatic carbocycles. The molecule has 0 radical (unpaired) electrons. The van der Waals surface area contributed by atoms with Gasteiger partial charge in [0.25, 0.3) is 5.91 Å². The number of aromatic nitrogens is 3. The molecule has 0 aromatic carbocycles. The van der Waals surface area contributed by atoms with Gasteiger partial charge in [-0.15, -0.1) is 11.6 Å². The van der Waals surface area contributed by atoms with Gasteiger partial charge >= 0.3 is 0 Å². The molecule has 0 aliphatic heterocycles. The number of carbonyl (C=O) groups excluding carboxylic acids is 1. The first kappa shape index (κ1) is 12.8. The van der Waals surface area contributed by atoms with E-state index in [2.05, 4.69) is 15.4 Å². The molecule has 0 fully saturated rings. The van der Waals surface area contributed by atoms with Crippen molar-refractivity contribution < 1.29 is 4.79 Å². The van der Waals surface area contributed by atoms with Crippen molar-refractivity contribution in [2.24, 2.45) is 0 Å². The van der Waals surface area contributed by atoms with Crippen LogP contribution < -0.4 is 5.32 Å². The first-order valence-corrected chi connectivity index (χ1v) is 6.48. The van der Waals surface area contributed by atoms with Gasteiger partial charge in [0.15, 0.2) is 0 Å². The molecule has 18 heavy (non-hydrogen) atoms. The predicted molar refractivity (Wildman–Crippen MR) is 69.9 cm³/mol. The monoisotopic (exact) mass is 266 g/mol. The van der Waals surface area contributed by atoms with Crippen molar-refractivity contribution in [2.75, 3.05) is 12.4 Å². The summed E-state index contributed by atoms with van der Waals surface area (Å²) >= 11 is 5.58. The lowest BCUT2D eigenvalue weighted by Gasteiger charge is -2.03. The van der Waals surface area contributed by atoms with Gasteiger partial charge in [0, 0.05) is 24.8 Å². The molecule has 1 amide bonds. The van der Waals surface area contributed by atoms with Crippen molar-refractivity contribution in [1.29, 1.82) is 0 Å². The zero-order valence-corrected chi connectivity index (χ0v) is 10.7. The van der Waals surface area contributed by atoms with E-state index in [1.54, 1.807) is 29.3 Å². The van der Waals surface area contributed by atoms with Gasteiger partial charge in [-0.25, -0.2) is 4.52 Å². The number of hydrogen-bond acceptors (Lipinski definition) is 3. The Balaban J connectivity index is 1.93. The average molecular weight is 267 g/mol. The highest BCUT2D eigenvalue weighted by Gasteiger charge is 2.11. The topological polar surface area (TPSA) is 59.3 Å². The van der Waals surface area contributed by atoms with Crippen LogP contribution in [0.2, 0.25) is 0 Å². The van der Waals surface area contributed by atoms with Crippen molar-refractivity contribution in [2.45, 2.75) is 19.3 Å². The van der Waals surface area contributed by atoms with Gasteiger partial charge in [0.2, 0.25) is 0 Å². The quantitative estimate of drug-likeness (QED) is 0.641. The van der Waals surface area contributed by atoms with Gasteiger partial charge in [-0.05, 0) is 12.8 Å². The summed E-state index contributed by atoms with van der Waals surface area (Å²) in [6.45, 7) is 0.660. The van der Waals surface area contributed by atoms with Gasteiger partial charge < -0.3 is 5.32 Å². The summed E-state index contributed by atoms with van der Waals surface area (Å²) in [5.41, 5.74) is 1.27. The molecule has 96 valence electrons. The summed E-state index contributed by atoms with van der Waals surface area (Å²) in [6.07, 6.45) is 9.50. The minimum atomic E-state index is -0.108. The van der Waals surface area contributed by atoms with Crippen molar-refractivity contribution in [3.63, 3.8) is 0 Å². The molecule has 2 rings (SSSR count). The normalized spacial score (nSPS) is 10.7. The summed E-state index contributed by atoms with van der Waals surface area (Å²) in [4.78, 5) is 15.9. The standard InChI is InChI=1S/C12H15ClN4O/c13-4-2-1-3-5-15-12(18)10-8-16-17-7-6-14-9-11(10)17/h6-9H,1-5H2,(H,15,18). The van der Waals surface area contributed by atoms with Gasteiger partial charge in [-0.3, -0.25) is 9.78 Å². The number of nitrogens with zero attached hydrogens (tertiary/aromatic N) is 3. The second-order valence-corrected chi connectivity index (χ2v) is 4.35. The zero-order chi connectivity index (χ0) is 12.8. The fourth-order valence-corrected chi connectivity index (χ4v) is 1.89. The Labute approximate surface area is 110 Å². The third-order valence-electron chi connectivity index (χ3n) is 2.67. The Morgan fingerprint density at radius 2 is 2.22 bits per heavy atom. The Morgan fingerprint density at radius 1 is 1.33 bits per heavy atom. The fourth-order valence-electron chi connectivity index (χ4n) is 1.70. The average Bonchev–Trinajstić information content (AvgIpc) is 2.82. The van der Waals surface area contributed by atoms with E-state index in [1.807, 2.05) is 0 Å². The van der Waals surface area contributed by atoms with Crippen LogP contribution in [0.5, 0.6) is 0 Å². The number of amides is 1. The minimum Gasteiger partial charge on any atom is -0.352 e. The minimum absolute atomic E-state index is 0.108. The Morgan fingerprint density at radius 3 is 3.06 bits per heavy atom. The maximum Gasteiger partial charge on any atom is 0.255 e. The van der Waals surface area contributed by atoms with Crippen molar-refractivity contribution in [3.8, 4) is 0 Å². The van der Waals surface area contributed by atoms with Crippen molar-refractivity contribution in [1.82, 2.24) is 19.9 Å². The van der Waals surface area contributed by atoms with Gasteiger partial charge in [0.05, 0.1) is 23.5 Å². The number of hydrogen-bond donors (Lipinski definition) is 1. The lowest BCUT2D eigenvalue weighted by molar-refractivity contribution is 0.0954. The first-order chi connectivity index (χ1) is 8.83. The van der Waals surface area contributed by atoms with Crippen LogP contribution in [0.3, 0.4) is 0 Å². The number of rotatable bonds is 6. The van der Waals surface area contributed by atoms with Crippen LogP contribution in [-0.2, 0) is 0 Å². The molecule has 0 atom stereocenters. The molecule has 6 heteroatoms. The van der Waals surface area contributed by atoms with E-state index in [0.717, 1.165) is 24.8 Å². The lowest BCUT2D eigenvalue weighted by atomic mass is 10.2. The van der Waals surface area contributed by atoms with E-state index >= 15 is 0 Å². The highest BCUT2D eigenvalue weighted by molar-refractivity contribution is 6.17. The Hall–Kier alpha value is -1.62. The van der Waals surface area contributed by atoms with E-state index in [4.69, 9.17) is 11.6 Å². The fraction of sp³-hybridized carbons (Fsp3) is 0.417. The van der Waals surface area contributed by atoms with E-state index in [-0.39, 0.29) is 5.91 Å². The summed E-state index contributed by atoms with van der Waals surface area (Å²) < 4.78 is 1.63. The molecule has 0 spiro atoms. The molecular weight excluding hydrogens is 252 g/mol. The molecule has 0 saturated carbocycles. The second kappa shape index (κ2) is 6.35. The van der Waals surface area contributed by atoms with E-state index in [0.29, 0.717) is 18.0 Å². The lowest BCUT2D eigenvalue weighted by Crippen LogP contribution is -2.24. The van der Waals surface area contributed by atoms with Crippen LogP contribution >= 0.6 is 11.6 Å². The largest absolute Gasteiger partial charge is 0.352 e. The summed E-state index contributed by atoms with van der Waals surface area (Å²) in [7, 11) is 0. The molecule has 1 N–H and O–H groups in total. The molecule has 2 aromatic heterocycles. The SMILES string of the molecule is O=C(NCCCCCCl)c1cnn2ccncc12. The van der Waals surface area contributed by atoms with Crippen molar-refractivity contribution >= 4 is 23.0 Å². The third kappa shape index (κ3) is 2.98. The molecule has 0 bridgehead atoms. The van der Waals surface area contributed by atoms with Crippen LogP contribution in [0.15, 0.2) is 24.8 Å². The zero-order valence-electron chi connectivity index (χ0n) is 9.97. The van der Waals surface area contributed by atoms with Crippen LogP contribution in [0.4, 0.5) is 0 Å². The van der Waals surface area contributed by atoms with Crippen LogP contribution in [-0.4, -0.2) is 32.9 Å². The smallest absolute Gasteiger partial charge is 0.255 e. The number of nitrogens with one attached hydrogen (secondary N) is 1. The Bertz CT molecular complexity index is 526. The molecule has 0 saturated heterocycles. The predicted octanol–water partition coefficient (Wildman–Crippen LogP) is 1.87. The van der Waals surface area contributed by atoms with Crippen molar-refractivity contribution in [3.05, 3.63) is 30.4 Å². The highest BCUT2D eigenvalue weighted by Crippen LogP contribution is 2.08. The molecule has 5 nitrogen and oxygen atoms in total. The van der Waals surface area contributed by atoms with E-state index in [1.165, 1.54) is 0 Å². The molecule has 0 unspecified atom stereocenters. The van der Waals surface area contributed by atoms with Crippen LogP contribution in [0, 0.1) is 0 Å². The number of fused-ring (bicyclic) bond motifs is 1. The number of halogens is 1. The third-order valence-corrected chi connectivity index (χ3v) is 2.93. The first-order valence-electron chi connectivity index (χ1n) is 5.94. The molecular formula is C12H15ClN4O. The van der Waals surface area contributed by atoms with E-state index < -0.39 is 0 Å². The number of unbranched alkanes of at least 4 members (excludes halogenated alkanes) is 2. The van der Waals surface area contributed by atoms with Gasteiger partial charge in [-0.1, -0.05) is 6.42 Å². The molecule has 2 heterocycles. The molecule has 0 aliphatic rings. The summed E-state index contributed by atoms with van der Waals surface area (Å²) in [5, 5.41) is 6.97. The Kier molecular flexibility index (Phi) is 4.52. The maximum absolute atomic E-state index is 11.9. The second-order valence-electron chi connectivity index (χ2n) is 3.97. The van der Waals surface area contributed by atoms with E-state index in [9.17, 15) is 4.79 Å². The number of alkyl halides is 1. The maximum atomic E-state index is 11.9. The summed E-state index contributed by atoms with van der Waals surface area (Å²) in [5.74, 6) is 0.567. The highest BCUT2D eigenvalue weighted by atomic mass is 35.5. The molecule has 2 aromatic rings. The van der Waals surface area contributed by atoms with Crippen LogP contribution in [0.1, 0.15) is 29.6 Å². The van der Waals surface area contributed by atoms with Gasteiger partial charge in [0.1, 0.15) is 0 Å². The summed E-state index contributed by atoms with van der Waals surface area (Å²) in [6, 6.07) is 0. The number of carbonyl (C=O) groups is 1. The van der Waals surface area contributed by atoms with Crippen LogP contribution in [0.25, 0.3) is 5.52 Å². The van der Waals surface area contributed by atoms with Gasteiger partial charge in [-0.2, -0.15) is 5.10 Å².